The van der Waals surface area contributed by atoms with E-state index in [4.69, 9.17) is 4.74 Å². The van der Waals surface area contributed by atoms with Crippen molar-refractivity contribution < 1.29 is 19.0 Å². The lowest BCUT2D eigenvalue weighted by Crippen LogP contribution is -2.25. The van der Waals surface area contributed by atoms with E-state index in [-0.39, 0.29) is 18.8 Å². The van der Waals surface area contributed by atoms with Crippen LogP contribution in [-0.2, 0) is 22.6 Å². The standard InChI is InChI=1S/C22H19FO3.C2H6/c23-20-12-10-19(11-13-20)18-8-6-16(7-9-18)14-21(24)22(25)26-15-17-4-2-1-3-5-17;1-2/h1-13,21,24H,14-15H2;1-2H3. The molecule has 28 heavy (non-hydrogen) atoms. The fraction of sp³-hybridized carbons (Fsp3) is 0.208. The molecule has 0 heterocycles. The highest BCUT2D eigenvalue weighted by Gasteiger charge is 2.17. The molecule has 0 saturated carbocycles. The van der Waals surface area contributed by atoms with E-state index in [1.165, 1.54) is 12.1 Å². The number of benzene rings is 3. The Bertz CT molecular complexity index is 843. The van der Waals surface area contributed by atoms with E-state index in [0.29, 0.717) is 0 Å². The van der Waals surface area contributed by atoms with Gasteiger partial charge in [0.25, 0.3) is 0 Å². The molecule has 1 unspecified atom stereocenters. The van der Waals surface area contributed by atoms with Crippen LogP contribution in [-0.4, -0.2) is 17.2 Å². The summed E-state index contributed by atoms with van der Waals surface area (Å²) in [6.07, 6.45) is -1.03. The lowest BCUT2D eigenvalue weighted by atomic mass is 10.0. The minimum Gasteiger partial charge on any atom is -0.459 e. The summed E-state index contributed by atoms with van der Waals surface area (Å²) in [5.74, 6) is -0.918. The maximum Gasteiger partial charge on any atom is 0.335 e. The van der Waals surface area contributed by atoms with Crippen LogP contribution in [0.2, 0.25) is 0 Å². The Balaban J connectivity index is 0.00000136. The summed E-state index contributed by atoms with van der Waals surface area (Å²) < 4.78 is 18.1. The number of aliphatic hydroxyl groups is 1. The molecule has 0 bridgehead atoms. The molecule has 0 fully saturated rings. The Morgan fingerprint density at radius 2 is 1.39 bits per heavy atom. The van der Waals surface area contributed by atoms with Crippen molar-refractivity contribution in [3.63, 3.8) is 0 Å². The molecule has 0 aliphatic heterocycles. The molecule has 0 aliphatic carbocycles. The molecule has 1 atom stereocenters. The minimum absolute atomic E-state index is 0.139. The topological polar surface area (TPSA) is 46.5 Å². The largest absolute Gasteiger partial charge is 0.459 e. The summed E-state index contributed by atoms with van der Waals surface area (Å²) in [6, 6.07) is 23.0. The van der Waals surface area contributed by atoms with Gasteiger partial charge < -0.3 is 9.84 Å². The SMILES string of the molecule is CC.O=C(OCc1ccccc1)C(O)Cc1ccc(-c2ccc(F)cc2)cc1. The zero-order chi connectivity index (χ0) is 20.4. The van der Waals surface area contributed by atoms with E-state index < -0.39 is 12.1 Å². The maximum atomic E-state index is 13.0. The zero-order valence-corrected chi connectivity index (χ0v) is 16.1. The Hall–Kier alpha value is -2.98. The fourth-order valence-corrected chi connectivity index (χ4v) is 2.61. The number of esters is 1. The molecule has 0 aliphatic rings. The van der Waals surface area contributed by atoms with Crippen molar-refractivity contribution in [2.45, 2.75) is 33.0 Å². The van der Waals surface area contributed by atoms with Gasteiger partial charge in [-0.05, 0) is 34.4 Å². The minimum atomic E-state index is -1.21. The molecule has 3 aromatic carbocycles. The smallest absolute Gasteiger partial charge is 0.335 e. The van der Waals surface area contributed by atoms with E-state index in [9.17, 15) is 14.3 Å². The fourth-order valence-electron chi connectivity index (χ4n) is 2.61. The Morgan fingerprint density at radius 3 is 1.96 bits per heavy atom. The third-order valence-corrected chi connectivity index (χ3v) is 4.06. The number of carbonyl (C=O) groups excluding carboxylic acids is 1. The number of hydrogen-bond donors (Lipinski definition) is 1. The van der Waals surface area contributed by atoms with Crippen LogP contribution in [0.4, 0.5) is 4.39 Å². The molecule has 1 N–H and O–H groups in total. The van der Waals surface area contributed by atoms with Crippen molar-refractivity contribution in [3.05, 3.63) is 95.8 Å². The van der Waals surface area contributed by atoms with Gasteiger partial charge in [0.1, 0.15) is 12.4 Å². The van der Waals surface area contributed by atoms with Crippen LogP contribution < -0.4 is 0 Å². The van der Waals surface area contributed by atoms with Gasteiger partial charge in [-0.15, -0.1) is 0 Å². The van der Waals surface area contributed by atoms with Crippen LogP contribution in [0.15, 0.2) is 78.9 Å². The predicted molar refractivity (Wildman–Crippen MR) is 109 cm³/mol. The van der Waals surface area contributed by atoms with Crippen molar-refractivity contribution in [1.82, 2.24) is 0 Å². The second-order valence-corrected chi connectivity index (χ2v) is 6.02. The monoisotopic (exact) mass is 380 g/mol. The molecule has 146 valence electrons. The molecule has 4 heteroatoms. The molecule has 0 aromatic heterocycles. The summed E-state index contributed by atoms with van der Waals surface area (Å²) in [5.41, 5.74) is 3.53. The van der Waals surface area contributed by atoms with Gasteiger partial charge in [-0.3, -0.25) is 0 Å². The normalized spacial score (nSPS) is 11.1. The molecule has 0 amide bonds. The van der Waals surface area contributed by atoms with E-state index >= 15 is 0 Å². The highest BCUT2D eigenvalue weighted by Crippen LogP contribution is 2.20. The third kappa shape index (κ3) is 6.32. The van der Waals surface area contributed by atoms with Gasteiger partial charge in [0.2, 0.25) is 0 Å². The molecule has 3 nitrogen and oxygen atoms in total. The van der Waals surface area contributed by atoms with Crippen LogP contribution in [0.1, 0.15) is 25.0 Å². The van der Waals surface area contributed by atoms with Crippen LogP contribution in [0, 0.1) is 5.82 Å². The van der Waals surface area contributed by atoms with Gasteiger partial charge >= 0.3 is 5.97 Å². The van der Waals surface area contributed by atoms with Crippen LogP contribution in [0.5, 0.6) is 0 Å². The van der Waals surface area contributed by atoms with Gasteiger partial charge in [-0.25, -0.2) is 9.18 Å². The number of halogens is 1. The van der Waals surface area contributed by atoms with Crippen LogP contribution in [0.3, 0.4) is 0 Å². The predicted octanol–water partition coefficient (Wildman–Crippen LogP) is 5.17. The number of aliphatic hydroxyl groups excluding tert-OH is 1. The van der Waals surface area contributed by atoms with E-state index in [1.54, 1.807) is 12.1 Å². The summed E-state index contributed by atoms with van der Waals surface area (Å²) in [7, 11) is 0. The lowest BCUT2D eigenvalue weighted by Gasteiger charge is -2.11. The first-order valence-corrected chi connectivity index (χ1v) is 9.35. The van der Waals surface area contributed by atoms with Crippen LogP contribution >= 0.6 is 0 Å². The molecule has 0 spiro atoms. The second-order valence-electron chi connectivity index (χ2n) is 6.02. The lowest BCUT2D eigenvalue weighted by molar-refractivity contribution is -0.154. The Kier molecular flexibility index (Phi) is 8.37. The van der Waals surface area contributed by atoms with Crippen molar-refractivity contribution in [2.24, 2.45) is 0 Å². The molecular formula is C24H25FO3. The first-order chi connectivity index (χ1) is 13.6. The number of hydrogen-bond acceptors (Lipinski definition) is 3. The van der Waals surface area contributed by atoms with E-state index in [2.05, 4.69) is 0 Å². The maximum absolute atomic E-state index is 13.0. The quantitative estimate of drug-likeness (QED) is 0.601. The molecule has 3 rings (SSSR count). The average molecular weight is 380 g/mol. The number of ether oxygens (including phenoxy) is 1. The summed E-state index contributed by atoms with van der Waals surface area (Å²) in [5, 5.41) is 10.0. The van der Waals surface area contributed by atoms with Crippen molar-refractivity contribution in [3.8, 4) is 11.1 Å². The Morgan fingerprint density at radius 1 is 0.857 bits per heavy atom. The molecule has 0 saturated heterocycles. The van der Waals surface area contributed by atoms with Crippen molar-refractivity contribution in [1.29, 1.82) is 0 Å². The van der Waals surface area contributed by atoms with Gasteiger partial charge in [0.15, 0.2) is 6.10 Å². The Labute approximate surface area is 165 Å². The first-order valence-electron chi connectivity index (χ1n) is 9.35. The van der Waals surface area contributed by atoms with Crippen molar-refractivity contribution >= 4 is 5.97 Å². The molecular weight excluding hydrogens is 355 g/mol. The van der Waals surface area contributed by atoms with Gasteiger partial charge in [0, 0.05) is 6.42 Å². The summed E-state index contributed by atoms with van der Waals surface area (Å²) in [6.45, 7) is 4.14. The highest BCUT2D eigenvalue weighted by atomic mass is 19.1. The van der Waals surface area contributed by atoms with E-state index in [1.807, 2.05) is 68.4 Å². The number of rotatable bonds is 6. The zero-order valence-electron chi connectivity index (χ0n) is 16.1. The molecule has 3 aromatic rings. The number of carbonyl (C=O) groups is 1. The summed E-state index contributed by atoms with van der Waals surface area (Å²) >= 11 is 0. The van der Waals surface area contributed by atoms with Gasteiger partial charge in [0.05, 0.1) is 0 Å². The highest BCUT2D eigenvalue weighted by molar-refractivity contribution is 5.75. The van der Waals surface area contributed by atoms with E-state index in [0.717, 1.165) is 22.3 Å². The third-order valence-electron chi connectivity index (χ3n) is 4.06. The average Bonchev–Trinajstić information content (AvgIpc) is 2.75. The van der Waals surface area contributed by atoms with Crippen molar-refractivity contribution in [2.75, 3.05) is 0 Å². The summed E-state index contributed by atoms with van der Waals surface area (Å²) in [4.78, 5) is 11.9. The van der Waals surface area contributed by atoms with Gasteiger partial charge in [-0.2, -0.15) is 0 Å². The van der Waals surface area contributed by atoms with Crippen LogP contribution in [0.25, 0.3) is 11.1 Å². The second kappa shape index (κ2) is 11.0. The first kappa shape index (κ1) is 21.3. The van der Waals surface area contributed by atoms with Gasteiger partial charge in [-0.1, -0.05) is 80.6 Å². The molecule has 0 radical (unpaired) electrons.